The highest BCUT2D eigenvalue weighted by molar-refractivity contribution is 6.14. The van der Waals surface area contributed by atoms with E-state index in [1.54, 1.807) is 42.2 Å². The topological polar surface area (TPSA) is 96.4 Å². The Morgan fingerprint density at radius 2 is 1.36 bits per heavy atom. The molecule has 5 aromatic carbocycles. The van der Waals surface area contributed by atoms with E-state index in [1.807, 2.05) is 97.9 Å². The number of anilines is 1. The number of nitrogens with zero attached hydrogens (tertiary/aromatic N) is 2. The summed E-state index contributed by atoms with van der Waals surface area (Å²) in [5.74, 6) is -0.305. The van der Waals surface area contributed by atoms with Gasteiger partial charge in [-0.25, -0.2) is 0 Å². The fourth-order valence-corrected chi connectivity index (χ4v) is 5.72. The fourth-order valence-electron chi connectivity index (χ4n) is 5.72. The number of fused-ring (bicyclic) bond motifs is 1. The minimum absolute atomic E-state index is 0.0288. The van der Waals surface area contributed by atoms with Gasteiger partial charge in [-0.1, -0.05) is 78.9 Å². The van der Waals surface area contributed by atoms with Crippen LogP contribution in [-0.4, -0.2) is 61.6 Å². The third-order valence-electron chi connectivity index (χ3n) is 8.12. The van der Waals surface area contributed by atoms with Gasteiger partial charge in [0.15, 0.2) is 11.5 Å². The van der Waals surface area contributed by atoms with Crippen LogP contribution in [0.25, 0.3) is 21.9 Å². The van der Waals surface area contributed by atoms with Crippen LogP contribution in [0.5, 0.6) is 11.5 Å². The van der Waals surface area contributed by atoms with E-state index in [-0.39, 0.29) is 31.3 Å². The number of carbonyl (C=O) groups excluding carboxylic acids is 2. The van der Waals surface area contributed by atoms with Crippen LogP contribution in [0, 0.1) is 0 Å². The number of carboxylic acids is 1. The number of hydrogen-bond donors (Lipinski definition) is 1. The van der Waals surface area contributed by atoms with Crippen molar-refractivity contribution in [2.75, 3.05) is 38.8 Å². The largest absolute Gasteiger partial charge is 0.493 e. The second-order valence-electron chi connectivity index (χ2n) is 11.1. The Bertz CT molecular complexity index is 1900. The smallest absolute Gasteiger partial charge is 0.305 e. The van der Waals surface area contributed by atoms with Gasteiger partial charge in [0.1, 0.15) is 0 Å². The third-order valence-corrected chi connectivity index (χ3v) is 8.12. The molecule has 0 unspecified atom stereocenters. The summed E-state index contributed by atoms with van der Waals surface area (Å²) in [6.45, 7) is 2.71. The lowest BCUT2D eigenvalue weighted by Gasteiger charge is -2.25. The van der Waals surface area contributed by atoms with Crippen LogP contribution in [0.2, 0.25) is 0 Å². The summed E-state index contributed by atoms with van der Waals surface area (Å²) in [6.07, 6.45) is 0.270. The molecule has 8 heteroatoms. The molecule has 0 heterocycles. The normalized spacial score (nSPS) is 10.8. The molecule has 0 aliphatic heterocycles. The molecule has 2 amide bonds. The molecule has 1 N–H and O–H groups in total. The number of aliphatic carboxylic acids is 1. The zero-order chi connectivity index (χ0) is 33.3. The standard InChI is InChI=1S/C39H38N2O6/c1-4-47-35-21-20-27(26-36(35)46-3)22-24-41(25-23-37(42)43)39(45)33-18-10-8-16-31(33)30-15-7-9-17-32(30)38(44)40(2)34-19-11-13-28-12-5-6-14-29(28)34/h5-21,26H,4,22-25H2,1-3H3,(H,42,43). The molecule has 0 aromatic heterocycles. The first-order chi connectivity index (χ1) is 22.8. The van der Waals surface area contributed by atoms with E-state index in [0.717, 1.165) is 22.0 Å². The number of amides is 2. The first-order valence-corrected chi connectivity index (χ1v) is 15.6. The Labute approximate surface area is 274 Å². The van der Waals surface area contributed by atoms with Crippen molar-refractivity contribution in [3.8, 4) is 22.6 Å². The average Bonchev–Trinajstić information content (AvgIpc) is 3.11. The van der Waals surface area contributed by atoms with Crippen LogP contribution < -0.4 is 14.4 Å². The summed E-state index contributed by atoms with van der Waals surface area (Å²) in [7, 11) is 3.32. The second-order valence-corrected chi connectivity index (χ2v) is 11.1. The molecule has 0 saturated carbocycles. The van der Waals surface area contributed by atoms with E-state index in [1.165, 1.54) is 0 Å². The Morgan fingerprint density at radius 1 is 0.723 bits per heavy atom. The SMILES string of the molecule is CCOc1ccc(CCN(CCC(=O)O)C(=O)c2ccccc2-c2ccccc2C(=O)N(C)c2cccc3ccccc23)cc1OC. The maximum Gasteiger partial charge on any atom is 0.305 e. The van der Waals surface area contributed by atoms with Crippen LogP contribution in [-0.2, 0) is 11.2 Å². The van der Waals surface area contributed by atoms with Gasteiger partial charge in [0, 0.05) is 36.7 Å². The van der Waals surface area contributed by atoms with Gasteiger partial charge in [0.05, 0.1) is 25.8 Å². The van der Waals surface area contributed by atoms with E-state index in [9.17, 15) is 19.5 Å². The molecule has 47 heavy (non-hydrogen) atoms. The van der Waals surface area contributed by atoms with Crippen LogP contribution in [0.15, 0.2) is 109 Å². The molecular weight excluding hydrogens is 592 g/mol. The zero-order valence-electron chi connectivity index (χ0n) is 26.8. The van der Waals surface area contributed by atoms with Gasteiger partial charge in [0.25, 0.3) is 11.8 Å². The van der Waals surface area contributed by atoms with E-state index in [4.69, 9.17) is 9.47 Å². The van der Waals surface area contributed by atoms with Gasteiger partial charge in [-0.15, -0.1) is 0 Å². The number of ether oxygens (including phenoxy) is 2. The lowest BCUT2D eigenvalue weighted by Crippen LogP contribution is -2.35. The molecule has 0 spiro atoms. The minimum atomic E-state index is -0.994. The van der Waals surface area contributed by atoms with Crippen molar-refractivity contribution in [3.63, 3.8) is 0 Å². The molecule has 0 aliphatic rings. The summed E-state index contributed by atoms with van der Waals surface area (Å²) >= 11 is 0. The number of carboxylic acid groups (broad SMARTS) is 1. The molecule has 5 rings (SSSR count). The summed E-state index contributed by atoms with van der Waals surface area (Å²) in [5.41, 5.74) is 3.73. The van der Waals surface area contributed by atoms with Crippen molar-refractivity contribution in [3.05, 3.63) is 126 Å². The molecule has 0 fully saturated rings. The molecule has 240 valence electrons. The maximum absolute atomic E-state index is 14.2. The van der Waals surface area contributed by atoms with Crippen molar-refractivity contribution in [2.24, 2.45) is 0 Å². The lowest BCUT2D eigenvalue weighted by molar-refractivity contribution is -0.137. The Kier molecular flexibility index (Phi) is 10.5. The van der Waals surface area contributed by atoms with Gasteiger partial charge in [0.2, 0.25) is 0 Å². The Hall–Kier alpha value is -5.63. The predicted octanol–water partition coefficient (Wildman–Crippen LogP) is 7.35. The van der Waals surface area contributed by atoms with Gasteiger partial charge in [-0.05, 0) is 65.8 Å². The number of hydrogen-bond acceptors (Lipinski definition) is 5. The van der Waals surface area contributed by atoms with E-state index < -0.39 is 5.97 Å². The van der Waals surface area contributed by atoms with Gasteiger partial charge in [-0.2, -0.15) is 0 Å². The molecule has 0 radical (unpaired) electrons. The van der Waals surface area contributed by atoms with Crippen molar-refractivity contribution < 1.29 is 29.0 Å². The molecule has 5 aromatic rings. The number of rotatable bonds is 13. The van der Waals surface area contributed by atoms with Gasteiger partial charge < -0.3 is 24.4 Å². The number of methoxy groups -OCH3 is 1. The van der Waals surface area contributed by atoms with Crippen LogP contribution >= 0.6 is 0 Å². The predicted molar refractivity (Wildman–Crippen MR) is 185 cm³/mol. The highest BCUT2D eigenvalue weighted by Gasteiger charge is 2.24. The number of carbonyl (C=O) groups is 3. The monoisotopic (exact) mass is 630 g/mol. The summed E-state index contributed by atoms with van der Waals surface area (Å²) < 4.78 is 11.1. The van der Waals surface area contributed by atoms with Crippen molar-refractivity contribution in [1.29, 1.82) is 0 Å². The van der Waals surface area contributed by atoms with Crippen LogP contribution in [0.4, 0.5) is 5.69 Å². The first-order valence-electron chi connectivity index (χ1n) is 15.6. The minimum Gasteiger partial charge on any atom is -0.493 e. The molecule has 0 atom stereocenters. The Morgan fingerprint density at radius 3 is 2.04 bits per heavy atom. The lowest BCUT2D eigenvalue weighted by atomic mass is 9.93. The molecule has 0 bridgehead atoms. The molecular formula is C39H38N2O6. The van der Waals surface area contributed by atoms with Gasteiger partial charge >= 0.3 is 5.97 Å². The summed E-state index contributed by atoms with van der Waals surface area (Å²) in [5, 5.41) is 11.5. The second kappa shape index (κ2) is 15.1. The zero-order valence-corrected chi connectivity index (χ0v) is 26.8. The molecule has 8 nitrogen and oxygen atoms in total. The van der Waals surface area contributed by atoms with Crippen LogP contribution in [0.3, 0.4) is 0 Å². The Balaban J connectivity index is 1.46. The van der Waals surface area contributed by atoms with Crippen molar-refractivity contribution in [2.45, 2.75) is 19.8 Å². The summed E-state index contributed by atoms with van der Waals surface area (Å²) in [4.78, 5) is 43.1. The summed E-state index contributed by atoms with van der Waals surface area (Å²) in [6, 6.07) is 33.8. The van der Waals surface area contributed by atoms with E-state index in [0.29, 0.717) is 46.8 Å². The average molecular weight is 631 g/mol. The highest BCUT2D eigenvalue weighted by atomic mass is 16.5. The molecule has 0 saturated heterocycles. The third kappa shape index (κ3) is 7.44. The van der Waals surface area contributed by atoms with Crippen molar-refractivity contribution >= 4 is 34.2 Å². The van der Waals surface area contributed by atoms with Crippen molar-refractivity contribution in [1.82, 2.24) is 4.90 Å². The fraction of sp³-hybridized carbons (Fsp3) is 0.205. The maximum atomic E-state index is 14.2. The number of benzene rings is 5. The highest BCUT2D eigenvalue weighted by Crippen LogP contribution is 2.33. The quantitative estimate of drug-likeness (QED) is 0.146. The van der Waals surface area contributed by atoms with Crippen LogP contribution in [0.1, 0.15) is 39.6 Å². The molecule has 0 aliphatic carbocycles. The first kappa shape index (κ1) is 32.8. The van der Waals surface area contributed by atoms with E-state index in [2.05, 4.69) is 0 Å². The van der Waals surface area contributed by atoms with Gasteiger partial charge in [-0.3, -0.25) is 14.4 Å². The van der Waals surface area contributed by atoms with E-state index >= 15 is 0 Å².